The summed E-state index contributed by atoms with van der Waals surface area (Å²) in [4.78, 5) is 19.2. The number of carbonyl (C=O) groups is 1. The molecule has 1 aromatic carbocycles. The number of anilines is 2. The van der Waals surface area contributed by atoms with E-state index in [1.54, 1.807) is 4.72 Å². The predicted octanol–water partition coefficient (Wildman–Crippen LogP) is 3.80. The SMILES string of the molecule is O=C(NC(=NCC(F)(F)F)Nc1cccc(NS(=O)(=O)CC(F)(F)F)n1)c1ccc(Cl)cc1. The summed E-state index contributed by atoms with van der Waals surface area (Å²) < 4.78 is 99.6. The highest BCUT2D eigenvalue weighted by Crippen LogP contribution is 2.19. The lowest BCUT2D eigenvalue weighted by molar-refractivity contribution is -0.118. The van der Waals surface area contributed by atoms with Crippen molar-refractivity contribution in [1.82, 2.24) is 10.3 Å². The second-order valence-corrected chi connectivity index (χ2v) is 8.41. The van der Waals surface area contributed by atoms with E-state index < -0.39 is 52.4 Å². The highest BCUT2D eigenvalue weighted by molar-refractivity contribution is 7.92. The number of pyridine rings is 1. The number of benzene rings is 1. The molecule has 3 N–H and O–H groups in total. The zero-order valence-electron chi connectivity index (χ0n) is 16.1. The molecule has 0 aliphatic rings. The van der Waals surface area contributed by atoms with E-state index in [4.69, 9.17) is 11.6 Å². The number of amides is 1. The molecule has 0 saturated carbocycles. The highest BCUT2D eigenvalue weighted by Gasteiger charge is 2.35. The van der Waals surface area contributed by atoms with E-state index >= 15 is 0 Å². The molecular formula is C17H14ClF6N5O3S. The van der Waals surface area contributed by atoms with E-state index in [1.807, 2.05) is 0 Å². The molecule has 33 heavy (non-hydrogen) atoms. The molecule has 0 bridgehead atoms. The zero-order valence-corrected chi connectivity index (χ0v) is 17.7. The van der Waals surface area contributed by atoms with Gasteiger partial charge in [-0.25, -0.2) is 18.4 Å². The molecule has 1 aromatic heterocycles. The topological polar surface area (TPSA) is 113 Å². The van der Waals surface area contributed by atoms with E-state index in [1.165, 1.54) is 24.3 Å². The molecule has 2 rings (SSSR count). The molecule has 0 saturated heterocycles. The van der Waals surface area contributed by atoms with Gasteiger partial charge >= 0.3 is 12.4 Å². The lowest BCUT2D eigenvalue weighted by Gasteiger charge is -2.14. The largest absolute Gasteiger partial charge is 0.408 e. The predicted molar refractivity (Wildman–Crippen MR) is 109 cm³/mol. The number of hydrogen-bond acceptors (Lipinski definition) is 5. The fraction of sp³-hybridized carbons (Fsp3) is 0.235. The van der Waals surface area contributed by atoms with E-state index in [9.17, 15) is 39.6 Å². The number of carbonyl (C=O) groups excluding carboxylic acids is 1. The Morgan fingerprint density at radius 3 is 2.15 bits per heavy atom. The van der Waals surface area contributed by atoms with E-state index in [2.05, 4.69) is 20.6 Å². The fourth-order valence-electron chi connectivity index (χ4n) is 2.15. The van der Waals surface area contributed by atoms with Crippen LogP contribution >= 0.6 is 11.6 Å². The standard InChI is InChI=1S/C17H14ClF6N5O3S/c18-11-6-4-10(5-7-11)14(30)28-15(25-8-16(19,20)21)27-12-2-1-3-13(26-12)29-33(31,32)9-17(22,23)24/h1-7H,8-9H2,(H3,25,26,27,28,29,30). The molecule has 16 heteroatoms. The molecule has 1 heterocycles. The molecular weight excluding hydrogens is 504 g/mol. The Labute approximate surface area is 188 Å². The van der Waals surface area contributed by atoms with Crippen molar-refractivity contribution in [2.24, 2.45) is 4.99 Å². The van der Waals surface area contributed by atoms with Gasteiger partial charge < -0.3 is 5.32 Å². The van der Waals surface area contributed by atoms with Gasteiger partial charge in [0.25, 0.3) is 5.91 Å². The van der Waals surface area contributed by atoms with Crippen LogP contribution in [0, 0.1) is 0 Å². The van der Waals surface area contributed by atoms with Crippen LogP contribution in [0.25, 0.3) is 0 Å². The molecule has 8 nitrogen and oxygen atoms in total. The number of aliphatic imine (C=N–C) groups is 1. The first-order valence-electron chi connectivity index (χ1n) is 8.61. The van der Waals surface area contributed by atoms with E-state index in [0.717, 1.165) is 18.2 Å². The Kier molecular flexibility index (Phi) is 8.13. The van der Waals surface area contributed by atoms with E-state index in [0.29, 0.717) is 5.02 Å². The third-order valence-corrected chi connectivity index (χ3v) is 4.84. The van der Waals surface area contributed by atoms with Gasteiger partial charge in [-0.3, -0.25) is 14.8 Å². The summed E-state index contributed by atoms with van der Waals surface area (Å²) >= 11 is 5.71. The second kappa shape index (κ2) is 10.2. The van der Waals surface area contributed by atoms with Crippen LogP contribution in [0.4, 0.5) is 38.0 Å². The summed E-state index contributed by atoms with van der Waals surface area (Å²) in [5.74, 6) is -4.60. The van der Waals surface area contributed by atoms with Crippen molar-refractivity contribution < 1.29 is 39.6 Å². The Bertz CT molecular complexity index is 1120. The van der Waals surface area contributed by atoms with E-state index in [-0.39, 0.29) is 11.4 Å². The van der Waals surface area contributed by atoms with Gasteiger partial charge in [0.05, 0.1) is 0 Å². The molecule has 2 aromatic rings. The van der Waals surface area contributed by atoms with Crippen molar-refractivity contribution in [3.8, 4) is 0 Å². The lowest BCUT2D eigenvalue weighted by atomic mass is 10.2. The molecule has 0 unspecified atom stereocenters. The number of nitrogens with one attached hydrogen (secondary N) is 3. The molecule has 0 fully saturated rings. The monoisotopic (exact) mass is 517 g/mol. The quantitative estimate of drug-likeness (QED) is 0.306. The third kappa shape index (κ3) is 9.95. The zero-order chi connectivity index (χ0) is 24.9. The van der Waals surface area contributed by atoms with Crippen molar-refractivity contribution in [3.63, 3.8) is 0 Å². The number of guanidine groups is 1. The summed E-state index contributed by atoms with van der Waals surface area (Å²) in [5.41, 5.74) is 0.0301. The molecule has 0 radical (unpaired) electrons. The van der Waals surface area contributed by atoms with Crippen LogP contribution in [-0.4, -0.2) is 49.9 Å². The minimum atomic E-state index is -5.01. The van der Waals surface area contributed by atoms with Gasteiger partial charge in [0, 0.05) is 10.6 Å². The van der Waals surface area contributed by atoms with Crippen LogP contribution in [0.2, 0.25) is 5.02 Å². The first kappa shape index (κ1) is 26.2. The van der Waals surface area contributed by atoms with Crippen molar-refractivity contribution in [2.75, 3.05) is 22.3 Å². The Morgan fingerprint density at radius 1 is 0.970 bits per heavy atom. The minimum absolute atomic E-state index is 0.0301. The third-order valence-electron chi connectivity index (χ3n) is 3.36. The molecule has 180 valence electrons. The van der Waals surface area contributed by atoms with Crippen LogP contribution in [0.15, 0.2) is 47.5 Å². The Hall–Kier alpha value is -3.07. The smallest absolute Gasteiger partial charge is 0.311 e. The summed E-state index contributed by atoms with van der Waals surface area (Å²) in [5, 5.41) is 4.67. The number of hydrogen-bond donors (Lipinski definition) is 3. The average Bonchev–Trinajstić information content (AvgIpc) is 2.64. The van der Waals surface area contributed by atoms with Gasteiger partial charge in [0.2, 0.25) is 16.0 Å². The first-order valence-corrected chi connectivity index (χ1v) is 10.6. The Balaban J connectivity index is 2.22. The molecule has 0 atom stereocenters. The van der Waals surface area contributed by atoms with Gasteiger partial charge in [0.15, 0.2) is 5.75 Å². The highest BCUT2D eigenvalue weighted by atomic mass is 35.5. The van der Waals surface area contributed by atoms with Gasteiger partial charge in [-0.05, 0) is 36.4 Å². The van der Waals surface area contributed by atoms with Crippen LogP contribution in [0.1, 0.15) is 10.4 Å². The summed E-state index contributed by atoms with van der Waals surface area (Å²) in [6, 6.07) is 8.66. The molecule has 0 aliphatic heterocycles. The number of alkyl halides is 6. The van der Waals surface area contributed by atoms with Crippen molar-refractivity contribution in [2.45, 2.75) is 12.4 Å². The summed E-state index contributed by atoms with van der Waals surface area (Å²) in [7, 11) is -4.85. The molecule has 0 spiro atoms. The maximum absolute atomic E-state index is 12.6. The fourth-order valence-corrected chi connectivity index (χ4v) is 3.21. The first-order chi connectivity index (χ1) is 15.1. The van der Waals surface area contributed by atoms with Gasteiger partial charge in [-0.15, -0.1) is 0 Å². The maximum Gasteiger partial charge on any atom is 0.408 e. The number of nitrogens with zero attached hydrogens (tertiary/aromatic N) is 2. The average molecular weight is 518 g/mol. The normalized spacial score (nSPS) is 12.9. The maximum atomic E-state index is 12.6. The number of sulfonamides is 1. The van der Waals surface area contributed by atoms with Crippen LogP contribution in [0.3, 0.4) is 0 Å². The van der Waals surface area contributed by atoms with Crippen LogP contribution in [0.5, 0.6) is 0 Å². The summed E-state index contributed by atoms with van der Waals surface area (Å²) in [6.45, 7) is -1.69. The van der Waals surface area contributed by atoms with Crippen LogP contribution < -0.4 is 15.4 Å². The van der Waals surface area contributed by atoms with Crippen molar-refractivity contribution in [3.05, 3.63) is 53.1 Å². The van der Waals surface area contributed by atoms with Gasteiger partial charge in [-0.1, -0.05) is 17.7 Å². The second-order valence-electron chi connectivity index (χ2n) is 6.25. The minimum Gasteiger partial charge on any atom is -0.311 e. The number of halogens is 7. The number of aromatic nitrogens is 1. The summed E-state index contributed by atoms with van der Waals surface area (Å²) in [6.07, 6.45) is -9.73. The van der Waals surface area contributed by atoms with Gasteiger partial charge in [0.1, 0.15) is 18.2 Å². The number of rotatable bonds is 6. The van der Waals surface area contributed by atoms with Gasteiger partial charge in [-0.2, -0.15) is 26.3 Å². The van der Waals surface area contributed by atoms with Crippen LogP contribution in [-0.2, 0) is 10.0 Å². The lowest BCUT2D eigenvalue weighted by Crippen LogP contribution is -2.37. The molecule has 0 aliphatic carbocycles. The molecule has 1 amide bonds. The van der Waals surface area contributed by atoms with Crippen molar-refractivity contribution in [1.29, 1.82) is 0 Å². The Morgan fingerprint density at radius 2 is 1.58 bits per heavy atom. The van der Waals surface area contributed by atoms with Crippen molar-refractivity contribution >= 4 is 45.1 Å².